The van der Waals surface area contributed by atoms with Gasteiger partial charge in [0, 0.05) is 29.1 Å². The van der Waals surface area contributed by atoms with E-state index in [0.717, 1.165) is 36.2 Å². The number of ketones is 1. The molecule has 1 heterocycles. The number of hydrogen-bond donors (Lipinski definition) is 0. The zero-order valence-electron chi connectivity index (χ0n) is 14.4. The first-order valence-corrected chi connectivity index (χ1v) is 8.86. The minimum atomic E-state index is 0.168. The van der Waals surface area contributed by atoms with E-state index in [0.29, 0.717) is 0 Å². The van der Waals surface area contributed by atoms with Gasteiger partial charge in [-0.15, -0.1) is 0 Å². The third-order valence-corrected chi connectivity index (χ3v) is 4.96. The molecular weight excluding hydrogens is 306 g/mol. The van der Waals surface area contributed by atoms with Crippen LogP contribution in [0.3, 0.4) is 0 Å². The van der Waals surface area contributed by atoms with Gasteiger partial charge in [0.15, 0.2) is 5.78 Å². The molecule has 0 radical (unpaired) electrons. The zero-order valence-corrected chi connectivity index (χ0v) is 14.4. The Labute approximate surface area is 148 Å². The molecule has 0 spiro atoms. The Bertz CT molecular complexity index is 917. The van der Waals surface area contributed by atoms with Crippen LogP contribution in [0.1, 0.15) is 34.8 Å². The molecule has 25 heavy (non-hydrogen) atoms. The van der Waals surface area contributed by atoms with E-state index in [1.54, 1.807) is 0 Å². The Morgan fingerprint density at radius 3 is 2.64 bits per heavy atom. The fraction of sp³-hybridized carbons (Fsp3) is 0.174. The zero-order chi connectivity index (χ0) is 17.2. The normalized spacial score (nSPS) is 19.2. The third kappa shape index (κ3) is 2.85. The number of para-hydroxylation sites is 1. The number of carbonyl (C=O) groups is 1. The second-order valence-electron chi connectivity index (χ2n) is 6.41. The van der Waals surface area contributed by atoms with Gasteiger partial charge >= 0.3 is 0 Å². The summed E-state index contributed by atoms with van der Waals surface area (Å²) in [6.07, 6.45) is 10.1. The molecule has 0 aromatic heterocycles. The van der Waals surface area contributed by atoms with Crippen molar-refractivity contribution in [3.8, 4) is 0 Å². The number of aryl methyl sites for hydroxylation is 1. The van der Waals surface area contributed by atoms with E-state index in [2.05, 4.69) is 60.4 Å². The average Bonchev–Trinajstić information content (AvgIpc) is 2.67. The van der Waals surface area contributed by atoms with Gasteiger partial charge in [-0.3, -0.25) is 4.79 Å². The van der Waals surface area contributed by atoms with Crippen molar-refractivity contribution in [2.45, 2.75) is 19.8 Å². The summed E-state index contributed by atoms with van der Waals surface area (Å²) in [7, 11) is 0. The second kappa shape index (κ2) is 6.56. The van der Waals surface area contributed by atoms with E-state index in [4.69, 9.17) is 0 Å². The summed E-state index contributed by atoms with van der Waals surface area (Å²) in [6, 6.07) is 16.3. The number of Topliss-reactive ketones (excluding diaryl/α,β-unsaturated/α-hetero) is 1. The van der Waals surface area contributed by atoms with Crippen molar-refractivity contribution in [1.29, 1.82) is 0 Å². The van der Waals surface area contributed by atoms with Crippen molar-refractivity contribution in [2.75, 3.05) is 11.4 Å². The van der Waals surface area contributed by atoms with Crippen LogP contribution >= 0.6 is 0 Å². The standard InChI is InChI=1S/C23H21NO/c1-2-24-20(15-13-18-8-4-6-10-22(18)24)16-14-19-12-11-17-7-3-5-9-21(17)23(19)25/h3-10,13-16H,2,11-12H2,1H3. The first kappa shape index (κ1) is 15.6. The molecule has 0 saturated carbocycles. The molecule has 2 aromatic carbocycles. The van der Waals surface area contributed by atoms with Crippen LogP contribution in [0.2, 0.25) is 0 Å². The van der Waals surface area contributed by atoms with Gasteiger partial charge < -0.3 is 4.90 Å². The van der Waals surface area contributed by atoms with E-state index >= 15 is 0 Å². The lowest BCUT2D eigenvalue weighted by atomic mass is 9.86. The molecule has 2 nitrogen and oxygen atoms in total. The maximum Gasteiger partial charge on any atom is 0.189 e. The minimum Gasteiger partial charge on any atom is -0.341 e. The van der Waals surface area contributed by atoms with E-state index in [1.807, 2.05) is 24.3 Å². The molecule has 0 bridgehead atoms. The fourth-order valence-corrected chi connectivity index (χ4v) is 3.64. The summed E-state index contributed by atoms with van der Waals surface area (Å²) in [5.41, 5.74) is 6.50. The maximum atomic E-state index is 12.7. The second-order valence-corrected chi connectivity index (χ2v) is 6.41. The summed E-state index contributed by atoms with van der Waals surface area (Å²) >= 11 is 0. The predicted octanol–water partition coefficient (Wildman–Crippen LogP) is 5.18. The molecule has 2 heteroatoms. The quantitative estimate of drug-likeness (QED) is 0.708. The lowest BCUT2D eigenvalue weighted by Crippen LogP contribution is -2.23. The van der Waals surface area contributed by atoms with Crippen molar-refractivity contribution in [1.82, 2.24) is 0 Å². The highest BCUT2D eigenvalue weighted by molar-refractivity contribution is 6.10. The van der Waals surface area contributed by atoms with Crippen LogP contribution in [0.5, 0.6) is 0 Å². The molecule has 0 atom stereocenters. The Morgan fingerprint density at radius 1 is 0.960 bits per heavy atom. The maximum absolute atomic E-state index is 12.7. The van der Waals surface area contributed by atoms with E-state index in [1.165, 1.54) is 16.8 Å². The molecule has 4 rings (SSSR count). The van der Waals surface area contributed by atoms with Gasteiger partial charge in [-0.1, -0.05) is 54.6 Å². The van der Waals surface area contributed by atoms with Crippen molar-refractivity contribution in [3.63, 3.8) is 0 Å². The minimum absolute atomic E-state index is 0.168. The molecule has 0 N–H and O–H groups in total. The topological polar surface area (TPSA) is 20.3 Å². The molecule has 1 aliphatic carbocycles. The number of nitrogens with zero attached hydrogens (tertiary/aromatic N) is 1. The van der Waals surface area contributed by atoms with Gasteiger partial charge in [-0.25, -0.2) is 0 Å². The first-order chi connectivity index (χ1) is 12.3. The van der Waals surface area contributed by atoms with Crippen molar-refractivity contribution >= 4 is 17.5 Å². The van der Waals surface area contributed by atoms with Crippen LogP contribution in [-0.4, -0.2) is 12.3 Å². The van der Waals surface area contributed by atoms with Gasteiger partial charge in [0.1, 0.15) is 0 Å². The van der Waals surface area contributed by atoms with Crippen molar-refractivity contribution in [2.24, 2.45) is 0 Å². The summed E-state index contributed by atoms with van der Waals surface area (Å²) in [5, 5.41) is 0. The van der Waals surface area contributed by atoms with Crippen molar-refractivity contribution < 1.29 is 4.79 Å². The highest BCUT2D eigenvalue weighted by atomic mass is 16.1. The highest BCUT2D eigenvalue weighted by Crippen LogP contribution is 2.31. The monoisotopic (exact) mass is 327 g/mol. The van der Waals surface area contributed by atoms with E-state index < -0.39 is 0 Å². The molecule has 0 unspecified atom stereocenters. The molecule has 2 aromatic rings. The number of carbonyl (C=O) groups excluding carboxylic acids is 1. The number of anilines is 1. The largest absolute Gasteiger partial charge is 0.341 e. The number of likely N-dealkylation sites (N-methyl/N-ethyl adjacent to an activating group) is 1. The van der Waals surface area contributed by atoms with Crippen LogP contribution in [0.15, 0.2) is 78.0 Å². The lowest BCUT2D eigenvalue weighted by Gasteiger charge is -2.29. The lowest BCUT2D eigenvalue weighted by molar-refractivity contribution is 0.102. The molecule has 124 valence electrons. The summed E-state index contributed by atoms with van der Waals surface area (Å²) in [5.74, 6) is 0.168. The van der Waals surface area contributed by atoms with Crippen LogP contribution in [0, 0.1) is 0 Å². The summed E-state index contributed by atoms with van der Waals surface area (Å²) in [4.78, 5) is 15.0. The molecule has 0 amide bonds. The molecular formula is C23H21NO. The van der Waals surface area contributed by atoms with E-state index in [9.17, 15) is 4.79 Å². The van der Waals surface area contributed by atoms with Gasteiger partial charge in [-0.05, 0) is 49.1 Å². The van der Waals surface area contributed by atoms with Gasteiger partial charge in [-0.2, -0.15) is 0 Å². The average molecular weight is 327 g/mol. The predicted molar refractivity (Wildman–Crippen MR) is 104 cm³/mol. The fourth-order valence-electron chi connectivity index (χ4n) is 3.64. The van der Waals surface area contributed by atoms with Gasteiger partial charge in [0.2, 0.25) is 0 Å². The number of allylic oxidation sites excluding steroid dienone is 4. The number of rotatable bonds is 2. The Hall–Kier alpha value is -2.87. The van der Waals surface area contributed by atoms with Gasteiger partial charge in [0.25, 0.3) is 0 Å². The third-order valence-electron chi connectivity index (χ3n) is 4.96. The Kier molecular flexibility index (Phi) is 4.10. The SMILES string of the molecule is CCN1C(=CC=C2CCc3ccccc3C2=O)C=Cc2ccccc21. The van der Waals surface area contributed by atoms with Gasteiger partial charge in [0.05, 0.1) is 0 Å². The van der Waals surface area contributed by atoms with Crippen molar-refractivity contribution in [3.05, 3.63) is 94.7 Å². The number of hydrogen-bond acceptors (Lipinski definition) is 2. The summed E-state index contributed by atoms with van der Waals surface area (Å²) < 4.78 is 0. The molecule has 2 aliphatic rings. The van der Waals surface area contributed by atoms with Crippen LogP contribution < -0.4 is 4.90 Å². The smallest absolute Gasteiger partial charge is 0.189 e. The Balaban J connectivity index is 1.66. The van der Waals surface area contributed by atoms with E-state index in [-0.39, 0.29) is 5.78 Å². The number of fused-ring (bicyclic) bond motifs is 2. The molecule has 0 saturated heterocycles. The molecule has 1 aliphatic heterocycles. The van der Waals surface area contributed by atoms with Crippen LogP contribution in [0.25, 0.3) is 6.08 Å². The van der Waals surface area contributed by atoms with Crippen LogP contribution in [0.4, 0.5) is 5.69 Å². The summed E-state index contributed by atoms with van der Waals surface area (Å²) in [6.45, 7) is 3.05. The number of benzene rings is 2. The van der Waals surface area contributed by atoms with Crippen LogP contribution in [-0.2, 0) is 6.42 Å². The molecule has 0 fully saturated rings. The first-order valence-electron chi connectivity index (χ1n) is 8.86. The Morgan fingerprint density at radius 2 is 1.76 bits per heavy atom. The highest BCUT2D eigenvalue weighted by Gasteiger charge is 2.21.